The molecule has 7 nitrogen and oxygen atoms in total. The number of amides is 1. The molecule has 0 heterocycles. The van der Waals surface area contributed by atoms with Gasteiger partial charge in [-0.15, -0.1) is 0 Å². The average molecular weight is 353 g/mol. The largest absolute Gasteiger partial charge is 0.484 e. The molecule has 2 aromatic rings. The van der Waals surface area contributed by atoms with Crippen molar-refractivity contribution in [1.29, 1.82) is 0 Å². The van der Waals surface area contributed by atoms with Gasteiger partial charge in [0, 0.05) is 12.3 Å². The minimum atomic E-state index is -0.455. The summed E-state index contributed by atoms with van der Waals surface area (Å²) >= 11 is 0. The Labute approximate surface area is 151 Å². The highest BCUT2D eigenvalue weighted by atomic mass is 16.6. The van der Waals surface area contributed by atoms with Gasteiger partial charge < -0.3 is 4.74 Å². The second-order valence-corrected chi connectivity index (χ2v) is 5.60. The molecule has 0 spiro atoms. The molecule has 0 aromatic heterocycles. The number of hydrogen-bond acceptors (Lipinski definition) is 5. The summed E-state index contributed by atoms with van der Waals surface area (Å²) < 4.78 is 5.42. The van der Waals surface area contributed by atoms with Gasteiger partial charge in [-0.2, -0.15) is 5.10 Å². The van der Waals surface area contributed by atoms with Gasteiger partial charge in [-0.1, -0.05) is 18.2 Å². The van der Waals surface area contributed by atoms with E-state index in [4.69, 9.17) is 4.74 Å². The van der Waals surface area contributed by atoms with Crippen LogP contribution in [0, 0.1) is 24.0 Å². The van der Waals surface area contributed by atoms with Crippen LogP contribution in [0.2, 0.25) is 0 Å². The highest BCUT2D eigenvalue weighted by molar-refractivity contribution is 5.82. The third-order valence-electron chi connectivity index (χ3n) is 3.32. The van der Waals surface area contributed by atoms with Crippen LogP contribution in [-0.4, -0.2) is 23.7 Å². The molecule has 0 saturated carbocycles. The number of aryl methyl sites for hydroxylation is 2. The highest BCUT2D eigenvalue weighted by Gasteiger charge is 2.08. The molecule has 1 amide bonds. The lowest BCUT2D eigenvalue weighted by atomic mass is 10.1. The average Bonchev–Trinajstić information content (AvgIpc) is 2.59. The van der Waals surface area contributed by atoms with Gasteiger partial charge in [0.1, 0.15) is 5.75 Å². The molecule has 26 heavy (non-hydrogen) atoms. The van der Waals surface area contributed by atoms with Gasteiger partial charge in [-0.25, -0.2) is 5.43 Å². The Hall–Kier alpha value is -3.48. The zero-order chi connectivity index (χ0) is 18.9. The summed E-state index contributed by atoms with van der Waals surface area (Å²) in [5.74, 6) is 0.220. The number of carbonyl (C=O) groups is 1. The summed E-state index contributed by atoms with van der Waals surface area (Å²) in [4.78, 5) is 22.1. The van der Waals surface area contributed by atoms with Gasteiger partial charge in [0.15, 0.2) is 6.61 Å². The molecule has 1 N–H and O–H groups in total. The molecule has 7 heteroatoms. The number of ether oxygens (including phenoxy) is 1. The Balaban J connectivity index is 1.83. The molecule has 0 aliphatic carbocycles. The van der Waals surface area contributed by atoms with Crippen molar-refractivity contribution in [2.45, 2.75) is 13.8 Å². The summed E-state index contributed by atoms with van der Waals surface area (Å²) in [5.41, 5.74) is 4.89. The first-order chi connectivity index (χ1) is 12.5. The minimum Gasteiger partial charge on any atom is -0.484 e. The SMILES string of the molecule is Cc1cc(C)cc(OCC(=O)NN=CC=Cc2ccccc2[N+](=O)[O-])c1. The number of hydrazone groups is 1. The van der Waals surface area contributed by atoms with E-state index < -0.39 is 10.8 Å². The molecule has 2 aromatic carbocycles. The Morgan fingerprint density at radius 1 is 1.23 bits per heavy atom. The van der Waals surface area contributed by atoms with Crippen LogP contribution in [0.25, 0.3) is 6.08 Å². The molecular weight excluding hydrogens is 334 g/mol. The predicted octanol–water partition coefficient (Wildman–Crippen LogP) is 3.41. The van der Waals surface area contributed by atoms with Crippen LogP contribution in [0.4, 0.5) is 5.69 Å². The lowest BCUT2D eigenvalue weighted by Gasteiger charge is -2.07. The van der Waals surface area contributed by atoms with E-state index in [9.17, 15) is 14.9 Å². The maximum atomic E-state index is 11.7. The number of hydrogen-bond donors (Lipinski definition) is 1. The lowest BCUT2D eigenvalue weighted by molar-refractivity contribution is -0.385. The topological polar surface area (TPSA) is 93.8 Å². The molecule has 0 bridgehead atoms. The van der Waals surface area contributed by atoms with E-state index in [1.54, 1.807) is 24.3 Å². The number of rotatable bonds is 7. The number of nitrogens with one attached hydrogen (secondary N) is 1. The van der Waals surface area contributed by atoms with E-state index in [2.05, 4.69) is 10.5 Å². The summed E-state index contributed by atoms with van der Waals surface area (Å²) in [6, 6.07) is 12.1. The van der Waals surface area contributed by atoms with Gasteiger partial charge in [0.2, 0.25) is 0 Å². The number of para-hydroxylation sites is 1. The van der Waals surface area contributed by atoms with Crippen LogP contribution in [0.5, 0.6) is 5.75 Å². The predicted molar refractivity (Wildman–Crippen MR) is 100 cm³/mol. The summed E-state index contributed by atoms with van der Waals surface area (Å²) in [6.07, 6.45) is 4.39. The van der Waals surface area contributed by atoms with Gasteiger partial charge in [-0.05, 0) is 55.3 Å². The van der Waals surface area contributed by atoms with Gasteiger partial charge in [0.25, 0.3) is 11.6 Å². The molecular formula is C19H19N3O4. The van der Waals surface area contributed by atoms with Crippen molar-refractivity contribution in [2.75, 3.05) is 6.61 Å². The van der Waals surface area contributed by atoms with Crippen molar-refractivity contribution in [1.82, 2.24) is 5.43 Å². The molecule has 0 radical (unpaired) electrons. The van der Waals surface area contributed by atoms with E-state index >= 15 is 0 Å². The smallest absolute Gasteiger partial charge is 0.277 e. The Bertz CT molecular complexity index is 839. The van der Waals surface area contributed by atoms with Crippen LogP contribution < -0.4 is 10.2 Å². The molecule has 0 unspecified atom stereocenters. The fourth-order valence-corrected chi connectivity index (χ4v) is 2.29. The standard InChI is InChI=1S/C19H19N3O4/c1-14-10-15(2)12-17(11-14)26-13-19(23)21-20-9-5-7-16-6-3-4-8-18(16)22(24)25/h3-12H,13H2,1-2H3,(H,21,23). The number of allylic oxidation sites excluding steroid dienone is 1. The van der Waals surface area contributed by atoms with Crippen molar-refractivity contribution in [3.63, 3.8) is 0 Å². The molecule has 0 aliphatic rings. The molecule has 0 saturated heterocycles. The fourth-order valence-electron chi connectivity index (χ4n) is 2.29. The fraction of sp³-hybridized carbons (Fsp3) is 0.158. The second kappa shape index (κ2) is 9.12. The van der Waals surface area contributed by atoms with Crippen molar-refractivity contribution >= 4 is 23.9 Å². The zero-order valence-electron chi connectivity index (χ0n) is 14.5. The Morgan fingerprint density at radius 3 is 2.62 bits per heavy atom. The van der Waals surface area contributed by atoms with E-state index in [-0.39, 0.29) is 12.3 Å². The summed E-state index contributed by atoms with van der Waals surface area (Å²) in [5, 5.41) is 14.6. The first-order valence-electron chi connectivity index (χ1n) is 7.89. The maximum Gasteiger partial charge on any atom is 0.277 e. The van der Waals surface area contributed by atoms with Gasteiger partial charge in [0.05, 0.1) is 10.5 Å². The second-order valence-electron chi connectivity index (χ2n) is 5.60. The van der Waals surface area contributed by atoms with Crippen LogP contribution in [0.3, 0.4) is 0 Å². The monoisotopic (exact) mass is 353 g/mol. The number of nitro groups is 1. The minimum absolute atomic E-state index is 0.00281. The Kier molecular flexibility index (Phi) is 6.61. The molecule has 0 atom stereocenters. The molecule has 2 rings (SSSR count). The van der Waals surface area contributed by atoms with Crippen LogP contribution in [0.1, 0.15) is 16.7 Å². The quantitative estimate of drug-likeness (QED) is 0.469. The van der Waals surface area contributed by atoms with Crippen LogP contribution >= 0.6 is 0 Å². The molecule has 0 aliphatic heterocycles. The number of benzene rings is 2. The van der Waals surface area contributed by atoms with Crippen molar-refractivity contribution < 1.29 is 14.5 Å². The zero-order valence-corrected chi connectivity index (χ0v) is 14.5. The van der Waals surface area contributed by atoms with Crippen molar-refractivity contribution in [2.24, 2.45) is 5.10 Å². The van der Waals surface area contributed by atoms with E-state index in [1.165, 1.54) is 18.4 Å². The number of nitro benzene ring substituents is 1. The lowest BCUT2D eigenvalue weighted by Crippen LogP contribution is -2.24. The van der Waals surface area contributed by atoms with E-state index in [0.717, 1.165) is 11.1 Å². The number of nitrogens with zero attached hydrogens (tertiary/aromatic N) is 2. The van der Waals surface area contributed by atoms with E-state index in [0.29, 0.717) is 11.3 Å². The van der Waals surface area contributed by atoms with Crippen molar-refractivity contribution in [3.8, 4) is 5.75 Å². The van der Waals surface area contributed by atoms with Gasteiger partial charge in [-0.3, -0.25) is 14.9 Å². The van der Waals surface area contributed by atoms with E-state index in [1.807, 2.05) is 32.0 Å². The first-order valence-corrected chi connectivity index (χ1v) is 7.89. The van der Waals surface area contributed by atoms with Crippen molar-refractivity contribution in [3.05, 3.63) is 75.3 Å². The third-order valence-corrected chi connectivity index (χ3v) is 3.32. The van der Waals surface area contributed by atoms with Crippen LogP contribution in [-0.2, 0) is 4.79 Å². The number of carbonyl (C=O) groups excluding carboxylic acids is 1. The Morgan fingerprint density at radius 2 is 1.92 bits per heavy atom. The molecule has 134 valence electrons. The third kappa shape index (κ3) is 5.86. The highest BCUT2D eigenvalue weighted by Crippen LogP contribution is 2.18. The molecule has 0 fully saturated rings. The summed E-state index contributed by atoms with van der Waals surface area (Å²) in [7, 11) is 0. The maximum absolute atomic E-state index is 11.7. The van der Waals surface area contributed by atoms with Crippen LogP contribution in [0.15, 0.2) is 53.6 Å². The normalized spacial score (nSPS) is 11.0. The summed E-state index contributed by atoms with van der Waals surface area (Å²) in [6.45, 7) is 3.75. The first kappa shape index (κ1) is 18.9. The van der Waals surface area contributed by atoms with Gasteiger partial charge >= 0.3 is 0 Å².